The summed E-state index contributed by atoms with van der Waals surface area (Å²) in [5.41, 5.74) is 1.31. The number of carboxylic acids is 3. The van der Waals surface area contributed by atoms with Gasteiger partial charge in [-0.05, 0) is 30.5 Å². The minimum atomic E-state index is -5.08. The van der Waals surface area contributed by atoms with Gasteiger partial charge in [-0.1, -0.05) is 0 Å². The number of aliphatic carboxylic acids is 3. The molecular weight excluding hydrogens is 655 g/mol. The molecule has 0 unspecified atom stereocenters. The number of carboxylic acid groups (broad SMARTS) is 3. The van der Waals surface area contributed by atoms with Gasteiger partial charge in [0.1, 0.15) is 0 Å². The molecule has 1 amide bonds. The lowest BCUT2D eigenvalue weighted by molar-refractivity contribution is -0.193. The quantitative estimate of drug-likeness (QED) is 0.391. The number of aromatic nitrogens is 1. The molecule has 262 valence electrons. The molecule has 0 radical (unpaired) electrons. The maximum atomic E-state index is 12.5. The molecular formula is C25H31F9N4O8. The van der Waals surface area contributed by atoms with Crippen LogP contribution in [0.1, 0.15) is 24.8 Å². The van der Waals surface area contributed by atoms with E-state index in [9.17, 15) is 44.3 Å². The van der Waals surface area contributed by atoms with Crippen LogP contribution in [0, 0.1) is 0 Å². The highest BCUT2D eigenvalue weighted by Crippen LogP contribution is 2.32. The molecule has 1 aromatic heterocycles. The summed E-state index contributed by atoms with van der Waals surface area (Å²) < 4.78 is 101. The zero-order valence-corrected chi connectivity index (χ0v) is 23.8. The van der Waals surface area contributed by atoms with Crippen molar-refractivity contribution in [2.45, 2.75) is 56.4 Å². The second kappa shape index (κ2) is 17.8. The highest BCUT2D eigenvalue weighted by Gasteiger charge is 2.43. The van der Waals surface area contributed by atoms with Gasteiger partial charge in [0.05, 0.1) is 13.2 Å². The first-order valence-corrected chi connectivity index (χ1v) is 13.3. The number of alkyl halides is 9. The van der Waals surface area contributed by atoms with E-state index in [4.69, 9.17) is 34.4 Å². The van der Waals surface area contributed by atoms with E-state index in [1.165, 1.54) is 5.56 Å². The highest BCUT2D eigenvalue weighted by molar-refractivity contribution is 5.78. The van der Waals surface area contributed by atoms with Crippen molar-refractivity contribution in [1.29, 1.82) is 0 Å². The molecule has 4 rings (SSSR count). The van der Waals surface area contributed by atoms with Gasteiger partial charge < -0.3 is 25.0 Å². The number of fused-ring (bicyclic) bond motifs is 1. The topological polar surface area (TPSA) is 161 Å². The lowest BCUT2D eigenvalue weighted by Gasteiger charge is -2.41. The van der Waals surface area contributed by atoms with Crippen molar-refractivity contribution in [2.24, 2.45) is 0 Å². The first kappa shape index (κ1) is 40.3. The Hall–Kier alpha value is -3.72. The van der Waals surface area contributed by atoms with Crippen LogP contribution in [0.15, 0.2) is 24.5 Å². The van der Waals surface area contributed by atoms with E-state index < -0.39 is 36.4 Å². The molecule has 0 spiro atoms. The van der Waals surface area contributed by atoms with Gasteiger partial charge in [0.2, 0.25) is 5.91 Å². The van der Waals surface area contributed by atoms with E-state index in [-0.39, 0.29) is 0 Å². The summed E-state index contributed by atoms with van der Waals surface area (Å²) in [4.78, 5) is 50.5. The smallest absolute Gasteiger partial charge is 0.475 e. The fourth-order valence-corrected chi connectivity index (χ4v) is 4.52. The van der Waals surface area contributed by atoms with Crippen LogP contribution in [0.3, 0.4) is 0 Å². The Balaban J connectivity index is 0.000000413. The van der Waals surface area contributed by atoms with E-state index in [1.807, 2.05) is 12.4 Å². The number of hydrogen-bond acceptors (Lipinski definition) is 8. The van der Waals surface area contributed by atoms with Gasteiger partial charge in [-0.2, -0.15) is 39.5 Å². The number of piperidine rings is 1. The third kappa shape index (κ3) is 14.6. The standard InChI is InChI=1S/C19H28N4O2.3C2HF3O2/c24-19-2-1-17-18(23(19)10-9-21-11-13-25-14-12-21)5-8-22(17)15-16-3-6-20-7-4-16;3*3-2(4,5)1(6)7/h3-4,6-7,17-18H,1-2,5,8-15H2;3*(H,6,7)/t17-,18-;;;/m1.../s1. The number of carbonyl (C=O) groups excluding carboxylic acids is 1. The van der Waals surface area contributed by atoms with Crippen molar-refractivity contribution < 1.29 is 78.7 Å². The highest BCUT2D eigenvalue weighted by atomic mass is 19.4. The van der Waals surface area contributed by atoms with Crippen LogP contribution >= 0.6 is 0 Å². The summed E-state index contributed by atoms with van der Waals surface area (Å²) in [5.74, 6) is -7.92. The van der Waals surface area contributed by atoms with E-state index in [2.05, 4.69) is 31.8 Å². The second-order valence-corrected chi connectivity index (χ2v) is 9.74. The number of pyridine rings is 1. The van der Waals surface area contributed by atoms with Gasteiger partial charge in [-0.3, -0.25) is 19.6 Å². The maximum absolute atomic E-state index is 12.5. The first-order chi connectivity index (χ1) is 21.1. The van der Waals surface area contributed by atoms with Crippen LogP contribution in [0.5, 0.6) is 0 Å². The molecule has 4 heterocycles. The Kier molecular flexibility index (Phi) is 15.6. The monoisotopic (exact) mass is 686 g/mol. The Labute approximate surface area is 255 Å². The van der Waals surface area contributed by atoms with Crippen LogP contribution in [-0.4, -0.2) is 135 Å². The van der Waals surface area contributed by atoms with E-state index in [0.29, 0.717) is 24.4 Å². The summed E-state index contributed by atoms with van der Waals surface area (Å²) in [7, 11) is 0. The number of carbonyl (C=O) groups is 4. The molecule has 46 heavy (non-hydrogen) atoms. The molecule has 0 aromatic carbocycles. The zero-order valence-electron chi connectivity index (χ0n) is 23.8. The summed E-state index contributed by atoms with van der Waals surface area (Å²) in [6.07, 6.45) is -8.73. The van der Waals surface area contributed by atoms with Gasteiger partial charge in [0, 0.05) is 70.2 Å². The first-order valence-electron chi connectivity index (χ1n) is 13.3. The number of ether oxygens (including phenoxy) is 1. The van der Waals surface area contributed by atoms with Gasteiger partial charge >= 0.3 is 36.4 Å². The fraction of sp³-hybridized carbons (Fsp3) is 0.640. The minimum absolute atomic E-state index is 0.347. The van der Waals surface area contributed by atoms with E-state index >= 15 is 0 Å². The number of halogens is 9. The third-order valence-electron chi connectivity index (χ3n) is 6.62. The van der Waals surface area contributed by atoms with Crippen LogP contribution in [0.4, 0.5) is 39.5 Å². The number of nitrogens with zero attached hydrogens (tertiary/aromatic N) is 4. The van der Waals surface area contributed by atoms with Crippen molar-refractivity contribution in [1.82, 2.24) is 19.7 Å². The Morgan fingerprint density at radius 2 is 1.22 bits per heavy atom. The van der Waals surface area contributed by atoms with Crippen molar-refractivity contribution in [3.8, 4) is 0 Å². The largest absolute Gasteiger partial charge is 0.490 e. The Morgan fingerprint density at radius 1 is 0.761 bits per heavy atom. The SMILES string of the molecule is O=C(O)C(F)(F)F.O=C(O)C(F)(F)F.O=C(O)C(F)(F)F.O=C1CC[C@@H]2[C@@H](CCN2Cc2ccncc2)N1CCN1CCOCC1. The summed E-state index contributed by atoms with van der Waals surface area (Å²) in [6.45, 7) is 7.51. The molecule has 12 nitrogen and oxygen atoms in total. The molecule has 21 heteroatoms. The average molecular weight is 687 g/mol. The zero-order chi connectivity index (χ0) is 35.3. The molecule has 2 atom stereocenters. The third-order valence-corrected chi connectivity index (χ3v) is 6.62. The second-order valence-electron chi connectivity index (χ2n) is 9.74. The maximum Gasteiger partial charge on any atom is 0.490 e. The number of morpholine rings is 1. The van der Waals surface area contributed by atoms with Crippen LogP contribution < -0.4 is 0 Å². The average Bonchev–Trinajstić information content (AvgIpc) is 3.35. The molecule has 3 saturated heterocycles. The molecule has 1 aromatic rings. The fourth-order valence-electron chi connectivity index (χ4n) is 4.52. The molecule has 0 bridgehead atoms. The molecule has 0 aliphatic carbocycles. The molecule has 3 fully saturated rings. The summed E-state index contributed by atoms with van der Waals surface area (Å²) >= 11 is 0. The van der Waals surface area contributed by atoms with Gasteiger partial charge in [-0.15, -0.1) is 0 Å². The Bertz CT molecular complexity index is 1070. The van der Waals surface area contributed by atoms with Crippen LogP contribution in [-0.2, 0) is 30.5 Å². The number of likely N-dealkylation sites (tertiary alicyclic amines) is 2. The van der Waals surface area contributed by atoms with Gasteiger partial charge in [-0.25, -0.2) is 14.4 Å². The molecule has 0 saturated carbocycles. The lowest BCUT2D eigenvalue weighted by atomic mass is 9.96. The summed E-state index contributed by atoms with van der Waals surface area (Å²) in [6, 6.07) is 5.09. The van der Waals surface area contributed by atoms with Crippen molar-refractivity contribution in [3.63, 3.8) is 0 Å². The van der Waals surface area contributed by atoms with Crippen LogP contribution in [0.2, 0.25) is 0 Å². The van der Waals surface area contributed by atoms with E-state index in [1.54, 1.807) is 0 Å². The van der Waals surface area contributed by atoms with Crippen LogP contribution in [0.25, 0.3) is 0 Å². The lowest BCUT2D eigenvalue weighted by Crippen LogP contribution is -2.54. The Morgan fingerprint density at radius 3 is 1.65 bits per heavy atom. The van der Waals surface area contributed by atoms with Gasteiger partial charge in [0.25, 0.3) is 0 Å². The van der Waals surface area contributed by atoms with Crippen molar-refractivity contribution >= 4 is 23.8 Å². The number of amides is 1. The molecule has 3 aliphatic heterocycles. The number of hydrogen-bond donors (Lipinski definition) is 3. The minimum Gasteiger partial charge on any atom is -0.475 e. The molecule has 3 N–H and O–H groups in total. The normalized spacial score (nSPS) is 20.5. The summed E-state index contributed by atoms with van der Waals surface area (Å²) in [5, 5.41) is 21.4. The van der Waals surface area contributed by atoms with E-state index in [0.717, 1.165) is 65.3 Å². The van der Waals surface area contributed by atoms with Crippen molar-refractivity contribution in [3.05, 3.63) is 30.1 Å². The predicted octanol–water partition coefficient (Wildman–Crippen LogP) is 2.88. The molecule has 3 aliphatic rings. The predicted molar refractivity (Wildman–Crippen MR) is 136 cm³/mol. The number of rotatable bonds is 5. The van der Waals surface area contributed by atoms with Crippen molar-refractivity contribution in [2.75, 3.05) is 45.9 Å². The van der Waals surface area contributed by atoms with Gasteiger partial charge in [0.15, 0.2) is 0 Å².